The molecule has 0 bridgehead atoms. The molecule has 0 heterocycles. The molecule has 2 atom stereocenters. The Morgan fingerprint density at radius 2 is 1.82 bits per heavy atom. The maximum Gasteiger partial charge on any atom is 0.305 e. The van der Waals surface area contributed by atoms with E-state index in [-0.39, 0.29) is 24.2 Å². The van der Waals surface area contributed by atoms with Crippen LogP contribution in [0.1, 0.15) is 81.7 Å². The van der Waals surface area contributed by atoms with Crippen LogP contribution >= 0.6 is 0 Å². The fourth-order valence-electron chi connectivity index (χ4n) is 5.61. The van der Waals surface area contributed by atoms with Crippen LogP contribution in [0, 0.1) is 5.92 Å². The molecule has 38 heavy (non-hydrogen) atoms. The summed E-state index contributed by atoms with van der Waals surface area (Å²) in [6.45, 7) is 9.42. The molecule has 6 nitrogen and oxygen atoms in total. The third kappa shape index (κ3) is 9.11. The van der Waals surface area contributed by atoms with Crippen LogP contribution < -0.4 is 10.1 Å². The number of esters is 1. The first-order chi connectivity index (χ1) is 18.2. The number of ether oxygens (including phenoxy) is 3. The number of nitrogens with one attached hydrogen (secondary N) is 1. The van der Waals surface area contributed by atoms with Crippen molar-refractivity contribution in [1.29, 1.82) is 0 Å². The second-order valence-corrected chi connectivity index (χ2v) is 11.2. The van der Waals surface area contributed by atoms with Gasteiger partial charge in [-0.1, -0.05) is 36.4 Å². The summed E-state index contributed by atoms with van der Waals surface area (Å²) in [5, 5.41) is 14.3. The summed E-state index contributed by atoms with van der Waals surface area (Å²) in [5.41, 5.74) is 5.04. The number of unbranched alkanes of at least 4 members (excludes halogenated alkanes) is 1. The highest BCUT2D eigenvalue weighted by Gasteiger charge is 2.28. The van der Waals surface area contributed by atoms with E-state index in [2.05, 4.69) is 49.5 Å². The first-order valence-electron chi connectivity index (χ1n) is 14.1. The molecule has 210 valence electrons. The van der Waals surface area contributed by atoms with Gasteiger partial charge in [-0.3, -0.25) is 4.79 Å². The zero-order valence-electron chi connectivity index (χ0n) is 23.9. The van der Waals surface area contributed by atoms with Gasteiger partial charge in [0, 0.05) is 18.5 Å². The third-order valence-corrected chi connectivity index (χ3v) is 7.48. The van der Waals surface area contributed by atoms with E-state index in [1.165, 1.54) is 11.1 Å². The van der Waals surface area contributed by atoms with E-state index in [9.17, 15) is 9.90 Å². The second-order valence-electron chi connectivity index (χ2n) is 11.2. The van der Waals surface area contributed by atoms with Gasteiger partial charge in [-0.05, 0) is 100 Å². The zero-order valence-corrected chi connectivity index (χ0v) is 23.9. The zero-order chi connectivity index (χ0) is 27.5. The number of benzene rings is 2. The molecule has 6 heteroatoms. The van der Waals surface area contributed by atoms with Crippen molar-refractivity contribution in [3.05, 3.63) is 64.7 Å². The molecular formula is C32H47NO5. The molecule has 2 aromatic carbocycles. The van der Waals surface area contributed by atoms with E-state index in [0.29, 0.717) is 25.5 Å². The predicted octanol–water partition coefficient (Wildman–Crippen LogP) is 5.58. The number of carbonyl (C=O) groups excluding carboxylic acids is 1. The smallest absolute Gasteiger partial charge is 0.305 e. The van der Waals surface area contributed by atoms with E-state index in [1.54, 1.807) is 7.11 Å². The van der Waals surface area contributed by atoms with Gasteiger partial charge in [0.1, 0.15) is 5.75 Å². The van der Waals surface area contributed by atoms with Gasteiger partial charge in [0.05, 0.1) is 32.5 Å². The molecule has 0 saturated carbocycles. The molecule has 0 radical (unpaired) electrons. The normalized spacial score (nSPS) is 15.2. The summed E-state index contributed by atoms with van der Waals surface area (Å²) in [4.78, 5) is 11.7. The van der Waals surface area contributed by atoms with Crippen molar-refractivity contribution in [2.45, 2.75) is 90.4 Å². The Morgan fingerprint density at radius 3 is 2.47 bits per heavy atom. The van der Waals surface area contributed by atoms with Crippen LogP contribution in [0.3, 0.4) is 0 Å². The lowest BCUT2D eigenvalue weighted by atomic mass is 9.88. The molecule has 1 aliphatic rings. The van der Waals surface area contributed by atoms with Crippen LogP contribution in [0.25, 0.3) is 0 Å². The molecule has 0 saturated heterocycles. The van der Waals surface area contributed by atoms with E-state index in [4.69, 9.17) is 14.2 Å². The molecule has 0 spiro atoms. The first kappa shape index (κ1) is 30.1. The minimum atomic E-state index is -0.601. The first-order valence-corrected chi connectivity index (χ1v) is 14.1. The van der Waals surface area contributed by atoms with Crippen LogP contribution in [-0.2, 0) is 33.5 Å². The highest BCUT2D eigenvalue weighted by molar-refractivity contribution is 5.69. The lowest BCUT2D eigenvalue weighted by Gasteiger charge is -2.31. The largest absolute Gasteiger partial charge is 0.496 e. The van der Waals surface area contributed by atoms with Gasteiger partial charge in [-0.2, -0.15) is 0 Å². The number of aliphatic hydroxyl groups excluding tert-OH is 1. The topological polar surface area (TPSA) is 77.0 Å². The van der Waals surface area contributed by atoms with Crippen molar-refractivity contribution in [2.75, 3.05) is 26.9 Å². The summed E-state index contributed by atoms with van der Waals surface area (Å²) < 4.78 is 16.8. The number of rotatable bonds is 16. The Morgan fingerprint density at radius 1 is 1.11 bits per heavy atom. The van der Waals surface area contributed by atoms with Crippen LogP contribution in [0.4, 0.5) is 0 Å². The Kier molecular flexibility index (Phi) is 11.6. The van der Waals surface area contributed by atoms with Crippen LogP contribution in [0.5, 0.6) is 5.75 Å². The van der Waals surface area contributed by atoms with Gasteiger partial charge < -0.3 is 24.6 Å². The summed E-state index contributed by atoms with van der Waals surface area (Å²) in [6, 6.07) is 14.7. The van der Waals surface area contributed by atoms with Gasteiger partial charge >= 0.3 is 5.97 Å². The number of β-amino-alcohol motifs (C(OH)–C–C–N with tert-alkyl or cyclic N) is 1. The van der Waals surface area contributed by atoms with Gasteiger partial charge in [-0.25, -0.2) is 0 Å². The molecule has 1 aliphatic carbocycles. The molecule has 2 aromatic rings. The molecule has 2 N–H and O–H groups in total. The summed E-state index contributed by atoms with van der Waals surface area (Å²) in [6.07, 6.45) is 5.37. The van der Waals surface area contributed by atoms with Gasteiger partial charge in [0.15, 0.2) is 0 Å². The van der Waals surface area contributed by atoms with Crippen molar-refractivity contribution in [3.63, 3.8) is 0 Å². The van der Waals surface area contributed by atoms with Crippen LogP contribution in [-0.4, -0.2) is 49.6 Å². The molecular weight excluding hydrogens is 478 g/mol. The summed E-state index contributed by atoms with van der Waals surface area (Å²) in [7, 11) is 1.67. The van der Waals surface area contributed by atoms with Gasteiger partial charge in [-0.15, -0.1) is 0 Å². The third-order valence-electron chi connectivity index (χ3n) is 7.48. The van der Waals surface area contributed by atoms with Crippen molar-refractivity contribution in [2.24, 2.45) is 5.92 Å². The molecule has 0 aliphatic heterocycles. The Balaban J connectivity index is 1.46. The van der Waals surface area contributed by atoms with Crippen molar-refractivity contribution >= 4 is 5.97 Å². The number of hydrogen-bond acceptors (Lipinski definition) is 6. The van der Waals surface area contributed by atoms with Crippen LogP contribution in [0.15, 0.2) is 42.5 Å². The molecule has 0 fully saturated rings. The second kappa shape index (κ2) is 14.7. The highest BCUT2D eigenvalue weighted by atomic mass is 16.5. The average Bonchev–Trinajstić information content (AvgIpc) is 3.30. The monoisotopic (exact) mass is 525 g/mol. The molecule has 0 unspecified atom stereocenters. The summed E-state index contributed by atoms with van der Waals surface area (Å²) in [5.74, 6) is 1.31. The van der Waals surface area contributed by atoms with E-state index in [1.807, 2.05) is 26.0 Å². The van der Waals surface area contributed by atoms with E-state index < -0.39 is 6.10 Å². The standard InChI is InChI=1S/C32H47NO5/c1-6-37-31(35)17-10-9-14-29-28(15-11-16-30(29)36-5)23(2)38-22-27(34)21-33-32(3,4)20-24-18-25-12-7-8-13-26(25)19-24/h7-8,11-13,15-16,23-24,27,33-34H,6,9-10,14,17-22H2,1-5H3/t23-,27-/m1/s1. The predicted molar refractivity (Wildman–Crippen MR) is 152 cm³/mol. The minimum absolute atomic E-state index is 0.0666. The maximum atomic E-state index is 11.7. The SMILES string of the molecule is CCOC(=O)CCCCc1c(OC)cccc1[C@@H](C)OC[C@H](O)CNC(C)(C)CC1Cc2ccccc2C1. The number of methoxy groups -OCH3 is 1. The molecule has 3 rings (SSSR count). The van der Waals surface area contributed by atoms with E-state index >= 15 is 0 Å². The molecule has 0 aromatic heterocycles. The van der Waals surface area contributed by atoms with Crippen molar-refractivity contribution in [3.8, 4) is 5.75 Å². The fourth-order valence-corrected chi connectivity index (χ4v) is 5.61. The summed E-state index contributed by atoms with van der Waals surface area (Å²) >= 11 is 0. The van der Waals surface area contributed by atoms with Crippen molar-refractivity contribution < 1.29 is 24.1 Å². The Hall–Kier alpha value is -2.41. The number of carbonyl (C=O) groups is 1. The lowest BCUT2D eigenvalue weighted by Crippen LogP contribution is -2.45. The Labute approximate surface area is 229 Å². The van der Waals surface area contributed by atoms with E-state index in [0.717, 1.165) is 55.4 Å². The fraction of sp³-hybridized carbons (Fsp3) is 0.594. The minimum Gasteiger partial charge on any atom is -0.496 e. The highest BCUT2D eigenvalue weighted by Crippen LogP contribution is 2.32. The lowest BCUT2D eigenvalue weighted by molar-refractivity contribution is -0.143. The quantitative estimate of drug-likeness (QED) is 0.220. The maximum absolute atomic E-state index is 11.7. The number of hydrogen-bond donors (Lipinski definition) is 2. The van der Waals surface area contributed by atoms with Crippen LogP contribution in [0.2, 0.25) is 0 Å². The number of fused-ring (bicyclic) bond motifs is 1. The van der Waals surface area contributed by atoms with Crippen molar-refractivity contribution in [1.82, 2.24) is 5.32 Å². The average molecular weight is 526 g/mol. The molecule has 0 amide bonds. The van der Waals surface area contributed by atoms with Gasteiger partial charge in [0.25, 0.3) is 0 Å². The number of aliphatic hydroxyl groups is 1. The van der Waals surface area contributed by atoms with Gasteiger partial charge in [0.2, 0.25) is 0 Å². The Bertz CT molecular complexity index is 996.